The summed E-state index contributed by atoms with van der Waals surface area (Å²) in [5.74, 6) is 0.771. The predicted molar refractivity (Wildman–Crippen MR) is 95.8 cm³/mol. The van der Waals surface area contributed by atoms with Gasteiger partial charge in [0.2, 0.25) is 0 Å². The molecule has 1 aliphatic rings. The molecule has 110 valence electrons. The van der Waals surface area contributed by atoms with Crippen LogP contribution in [0.5, 0.6) is 0 Å². The van der Waals surface area contributed by atoms with Crippen LogP contribution in [0.4, 0.5) is 0 Å². The number of halogens is 2. The van der Waals surface area contributed by atoms with E-state index in [-0.39, 0.29) is 17.6 Å². The molecule has 1 aromatic carbocycles. The molecule has 0 spiro atoms. The highest BCUT2D eigenvalue weighted by Gasteiger charge is 2.28. The van der Waals surface area contributed by atoms with Gasteiger partial charge in [-0.2, -0.15) is 0 Å². The number of amidine groups is 1. The first-order chi connectivity index (χ1) is 8.87. The second kappa shape index (κ2) is 7.01. The Hall–Kier alpha value is -0.450. The number of fused-ring (bicyclic) bond motifs is 1. The van der Waals surface area contributed by atoms with Gasteiger partial charge < -0.3 is 5.73 Å². The zero-order valence-electron chi connectivity index (χ0n) is 11.7. The predicted octanol–water partition coefficient (Wildman–Crippen LogP) is 4.85. The van der Waals surface area contributed by atoms with Gasteiger partial charge in [0.05, 0.1) is 0 Å². The van der Waals surface area contributed by atoms with Gasteiger partial charge in [-0.1, -0.05) is 53.7 Å². The summed E-state index contributed by atoms with van der Waals surface area (Å²) in [5, 5.41) is 7.45. The van der Waals surface area contributed by atoms with Crippen molar-refractivity contribution < 1.29 is 0 Å². The van der Waals surface area contributed by atoms with Gasteiger partial charge >= 0.3 is 0 Å². The monoisotopic (exact) mass is 374 g/mol. The van der Waals surface area contributed by atoms with Gasteiger partial charge in [-0.05, 0) is 47.1 Å². The molecule has 0 aliphatic heterocycles. The quantitative estimate of drug-likeness (QED) is 0.573. The van der Waals surface area contributed by atoms with Crippen molar-refractivity contribution in [1.29, 1.82) is 5.41 Å². The smallest absolute Gasteiger partial charge is 0.151 e. The minimum Gasteiger partial charge on any atom is -0.379 e. The third-order valence-corrected chi connectivity index (χ3v) is 4.46. The maximum atomic E-state index is 7.27. The fraction of sp³-hybridized carbons (Fsp3) is 0.400. The van der Waals surface area contributed by atoms with Gasteiger partial charge in [-0.15, -0.1) is 12.4 Å². The molecule has 0 saturated heterocycles. The summed E-state index contributed by atoms with van der Waals surface area (Å²) in [5.41, 5.74) is 9.83. The summed E-state index contributed by atoms with van der Waals surface area (Å²) in [6.07, 6.45) is 4.42. The Balaban J connectivity index is 0.00000200. The maximum Gasteiger partial charge on any atom is 0.151 e. The number of nitrogens with two attached hydrogens (primary N) is 1. The standard InChI is InChI=1S/C15H19BrN2S.ClH/c1-15(2)8-10-3-4-12(16)7-13(10)11(9-15)5-6-19-14(17)18;/h3-5,7H,6,8-9H2,1-2H3,(H3,17,18);1H/b11-5-;. The van der Waals surface area contributed by atoms with E-state index in [0.29, 0.717) is 5.41 Å². The molecule has 1 aliphatic carbocycles. The zero-order chi connectivity index (χ0) is 14.0. The van der Waals surface area contributed by atoms with Gasteiger partial charge in [0.25, 0.3) is 0 Å². The normalized spacial score (nSPS) is 18.2. The van der Waals surface area contributed by atoms with Crippen LogP contribution >= 0.6 is 40.1 Å². The lowest BCUT2D eigenvalue weighted by atomic mass is 9.72. The zero-order valence-corrected chi connectivity index (χ0v) is 14.9. The van der Waals surface area contributed by atoms with Crippen LogP contribution in [0.1, 0.15) is 31.4 Å². The molecule has 0 fully saturated rings. The largest absolute Gasteiger partial charge is 0.379 e. The van der Waals surface area contributed by atoms with E-state index in [1.165, 1.54) is 28.5 Å². The average Bonchev–Trinajstić information content (AvgIpc) is 2.28. The molecule has 0 saturated carbocycles. The van der Waals surface area contributed by atoms with Crippen molar-refractivity contribution in [2.45, 2.75) is 26.7 Å². The van der Waals surface area contributed by atoms with E-state index in [1.807, 2.05) is 0 Å². The molecular weight excluding hydrogens is 356 g/mol. The van der Waals surface area contributed by atoms with Crippen LogP contribution in [0.2, 0.25) is 0 Å². The van der Waals surface area contributed by atoms with Crippen molar-refractivity contribution in [2.75, 3.05) is 5.75 Å². The summed E-state index contributed by atoms with van der Waals surface area (Å²) in [7, 11) is 0. The van der Waals surface area contributed by atoms with E-state index < -0.39 is 0 Å². The number of hydrogen-bond donors (Lipinski definition) is 2. The third kappa shape index (κ3) is 4.54. The van der Waals surface area contributed by atoms with Gasteiger partial charge in [0, 0.05) is 10.2 Å². The first-order valence-corrected chi connectivity index (χ1v) is 8.10. The number of hydrogen-bond acceptors (Lipinski definition) is 2. The summed E-state index contributed by atoms with van der Waals surface area (Å²) in [6.45, 7) is 4.62. The Morgan fingerprint density at radius 3 is 2.80 bits per heavy atom. The molecule has 0 bridgehead atoms. The highest BCUT2D eigenvalue weighted by molar-refractivity contribution is 9.10. The van der Waals surface area contributed by atoms with Crippen molar-refractivity contribution in [1.82, 2.24) is 0 Å². The average molecular weight is 376 g/mol. The van der Waals surface area contributed by atoms with E-state index in [4.69, 9.17) is 11.1 Å². The SMILES string of the molecule is CC1(C)C/C(=C/CSC(=N)N)c2cc(Br)ccc2C1.Cl. The minimum atomic E-state index is 0. The van der Waals surface area contributed by atoms with Crippen LogP contribution in [-0.4, -0.2) is 10.9 Å². The van der Waals surface area contributed by atoms with Crippen molar-refractivity contribution >= 4 is 50.8 Å². The molecule has 2 nitrogen and oxygen atoms in total. The van der Waals surface area contributed by atoms with Crippen LogP contribution in [0.15, 0.2) is 28.7 Å². The first kappa shape index (κ1) is 17.6. The number of allylic oxidation sites excluding steroid dienone is 1. The Kier molecular flexibility index (Phi) is 6.17. The summed E-state index contributed by atoms with van der Waals surface area (Å²) >= 11 is 4.93. The molecular formula is C15H20BrClN2S. The Labute approximate surface area is 139 Å². The van der Waals surface area contributed by atoms with Crippen LogP contribution in [-0.2, 0) is 6.42 Å². The van der Waals surface area contributed by atoms with Gasteiger partial charge in [-0.3, -0.25) is 5.41 Å². The summed E-state index contributed by atoms with van der Waals surface area (Å²) in [4.78, 5) is 0. The highest BCUT2D eigenvalue weighted by atomic mass is 79.9. The van der Waals surface area contributed by atoms with Crippen molar-refractivity contribution in [3.05, 3.63) is 39.9 Å². The van der Waals surface area contributed by atoms with Crippen LogP contribution < -0.4 is 5.73 Å². The second-order valence-corrected chi connectivity index (χ2v) is 7.70. The van der Waals surface area contributed by atoms with Gasteiger partial charge in [-0.25, -0.2) is 0 Å². The molecule has 0 unspecified atom stereocenters. The molecule has 0 heterocycles. The maximum absolute atomic E-state index is 7.27. The van der Waals surface area contributed by atoms with E-state index in [9.17, 15) is 0 Å². The Bertz CT molecular complexity index is 541. The third-order valence-electron chi connectivity index (χ3n) is 3.32. The topological polar surface area (TPSA) is 49.9 Å². The molecule has 5 heteroatoms. The van der Waals surface area contributed by atoms with Crippen molar-refractivity contribution in [2.24, 2.45) is 11.1 Å². The molecule has 0 amide bonds. The van der Waals surface area contributed by atoms with E-state index in [0.717, 1.165) is 23.1 Å². The first-order valence-electron chi connectivity index (χ1n) is 6.32. The van der Waals surface area contributed by atoms with Gasteiger partial charge in [0.15, 0.2) is 5.17 Å². The highest BCUT2D eigenvalue weighted by Crippen LogP contribution is 2.42. The molecule has 0 aromatic heterocycles. The number of benzene rings is 1. The fourth-order valence-corrected chi connectivity index (χ4v) is 3.43. The van der Waals surface area contributed by atoms with Crippen molar-refractivity contribution in [3.8, 4) is 0 Å². The molecule has 0 atom stereocenters. The second-order valence-electron chi connectivity index (χ2n) is 5.72. The molecule has 3 N–H and O–H groups in total. The summed E-state index contributed by atoms with van der Waals surface area (Å²) in [6, 6.07) is 6.53. The van der Waals surface area contributed by atoms with Crippen LogP contribution in [0.3, 0.4) is 0 Å². The van der Waals surface area contributed by atoms with Crippen LogP contribution in [0, 0.1) is 10.8 Å². The molecule has 2 rings (SSSR count). The van der Waals surface area contributed by atoms with Crippen molar-refractivity contribution in [3.63, 3.8) is 0 Å². The lowest BCUT2D eigenvalue weighted by molar-refractivity contribution is 0.365. The Morgan fingerprint density at radius 1 is 1.45 bits per heavy atom. The Morgan fingerprint density at radius 2 is 2.15 bits per heavy atom. The van der Waals surface area contributed by atoms with Crippen LogP contribution in [0.25, 0.3) is 5.57 Å². The van der Waals surface area contributed by atoms with E-state index in [1.54, 1.807) is 0 Å². The molecule has 1 aromatic rings. The fourth-order valence-electron chi connectivity index (χ4n) is 2.60. The minimum absolute atomic E-state index is 0. The summed E-state index contributed by atoms with van der Waals surface area (Å²) < 4.78 is 1.12. The number of rotatable bonds is 2. The van der Waals surface area contributed by atoms with E-state index in [2.05, 4.69) is 54.1 Å². The lowest BCUT2D eigenvalue weighted by Gasteiger charge is -2.33. The van der Waals surface area contributed by atoms with Gasteiger partial charge in [0.1, 0.15) is 0 Å². The molecule has 20 heavy (non-hydrogen) atoms. The van der Waals surface area contributed by atoms with E-state index >= 15 is 0 Å². The lowest BCUT2D eigenvalue weighted by Crippen LogP contribution is -2.21. The number of thioether (sulfide) groups is 1. The number of nitrogens with one attached hydrogen (secondary N) is 1. The molecule has 0 radical (unpaired) electrons.